The van der Waals surface area contributed by atoms with E-state index in [1.54, 1.807) is 0 Å². The zero-order valence-electron chi connectivity index (χ0n) is 9.93. The monoisotopic (exact) mass is 246 g/mol. The van der Waals surface area contributed by atoms with E-state index in [2.05, 4.69) is 10.3 Å². The van der Waals surface area contributed by atoms with Crippen LogP contribution in [0.1, 0.15) is 13.3 Å². The Hall–Kier alpha value is -1.43. The molecular weight excluding hydrogens is 230 g/mol. The SMILES string of the molecule is CCCNc1nc(OCCOC)c(F)cc1F. The van der Waals surface area contributed by atoms with Crippen molar-refractivity contribution in [3.8, 4) is 5.88 Å². The van der Waals surface area contributed by atoms with E-state index in [0.29, 0.717) is 13.2 Å². The van der Waals surface area contributed by atoms with Crippen molar-refractivity contribution in [3.05, 3.63) is 17.7 Å². The first-order valence-corrected chi connectivity index (χ1v) is 5.40. The molecule has 17 heavy (non-hydrogen) atoms. The van der Waals surface area contributed by atoms with Gasteiger partial charge in [0.2, 0.25) is 0 Å². The normalized spacial score (nSPS) is 10.4. The number of rotatable bonds is 7. The second-order valence-corrected chi connectivity index (χ2v) is 3.37. The summed E-state index contributed by atoms with van der Waals surface area (Å²) < 4.78 is 36.4. The van der Waals surface area contributed by atoms with Crippen LogP contribution in [-0.4, -0.2) is 31.9 Å². The fourth-order valence-corrected chi connectivity index (χ4v) is 1.14. The molecule has 96 valence electrons. The third kappa shape index (κ3) is 4.14. The Kier molecular flexibility index (Phi) is 5.62. The minimum atomic E-state index is -0.819. The molecule has 0 saturated carbocycles. The minimum Gasteiger partial charge on any atom is -0.473 e. The number of nitrogens with one attached hydrogen (secondary N) is 1. The molecule has 1 aromatic rings. The standard InChI is InChI=1S/C11H16F2N2O2/c1-3-4-14-10-8(12)7-9(13)11(15-10)17-6-5-16-2/h7H,3-6H2,1-2H3,(H,14,15). The summed E-state index contributed by atoms with van der Waals surface area (Å²) >= 11 is 0. The van der Waals surface area contributed by atoms with Gasteiger partial charge in [-0.15, -0.1) is 0 Å². The van der Waals surface area contributed by atoms with Crippen LogP contribution in [0.25, 0.3) is 0 Å². The Morgan fingerprint density at radius 1 is 1.29 bits per heavy atom. The number of anilines is 1. The summed E-state index contributed by atoms with van der Waals surface area (Å²) in [5.41, 5.74) is 0. The number of hydrogen-bond acceptors (Lipinski definition) is 4. The molecule has 0 amide bonds. The van der Waals surface area contributed by atoms with Crippen molar-refractivity contribution in [3.63, 3.8) is 0 Å². The Bertz CT molecular complexity index is 362. The van der Waals surface area contributed by atoms with Crippen LogP contribution in [-0.2, 0) is 4.74 Å². The molecule has 0 aliphatic heterocycles. The van der Waals surface area contributed by atoms with Crippen LogP contribution in [0.2, 0.25) is 0 Å². The molecule has 1 aromatic heterocycles. The highest BCUT2D eigenvalue weighted by Gasteiger charge is 2.12. The molecule has 0 aliphatic carbocycles. The van der Waals surface area contributed by atoms with Crippen LogP contribution in [0.3, 0.4) is 0 Å². The average molecular weight is 246 g/mol. The smallest absolute Gasteiger partial charge is 0.252 e. The fourth-order valence-electron chi connectivity index (χ4n) is 1.14. The van der Waals surface area contributed by atoms with Gasteiger partial charge in [-0.1, -0.05) is 6.92 Å². The van der Waals surface area contributed by atoms with Gasteiger partial charge in [-0.2, -0.15) is 4.98 Å². The summed E-state index contributed by atoms with van der Waals surface area (Å²) in [5, 5.41) is 2.76. The largest absolute Gasteiger partial charge is 0.473 e. The van der Waals surface area contributed by atoms with Gasteiger partial charge >= 0.3 is 0 Å². The van der Waals surface area contributed by atoms with E-state index >= 15 is 0 Å². The Morgan fingerprint density at radius 2 is 2.06 bits per heavy atom. The summed E-state index contributed by atoms with van der Waals surface area (Å²) in [7, 11) is 1.51. The van der Waals surface area contributed by atoms with E-state index in [4.69, 9.17) is 9.47 Å². The van der Waals surface area contributed by atoms with E-state index in [-0.39, 0.29) is 18.3 Å². The van der Waals surface area contributed by atoms with E-state index in [0.717, 1.165) is 12.5 Å². The zero-order chi connectivity index (χ0) is 12.7. The van der Waals surface area contributed by atoms with Gasteiger partial charge in [-0.25, -0.2) is 8.78 Å². The van der Waals surface area contributed by atoms with Crippen LogP contribution in [0.4, 0.5) is 14.6 Å². The van der Waals surface area contributed by atoms with Crippen LogP contribution in [0, 0.1) is 11.6 Å². The van der Waals surface area contributed by atoms with E-state index in [1.165, 1.54) is 7.11 Å². The van der Waals surface area contributed by atoms with Gasteiger partial charge in [0, 0.05) is 19.7 Å². The molecule has 1 N–H and O–H groups in total. The second-order valence-electron chi connectivity index (χ2n) is 3.37. The lowest BCUT2D eigenvalue weighted by Gasteiger charge is -2.09. The first kappa shape index (κ1) is 13.6. The topological polar surface area (TPSA) is 43.4 Å². The van der Waals surface area contributed by atoms with Gasteiger partial charge in [0.15, 0.2) is 17.5 Å². The lowest BCUT2D eigenvalue weighted by molar-refractivity contribution is 0.141. The summed E-state index contributed by atoms with van der Waals surface area (Å²) in [6, 6.07) is 0.757. The first-order chi connectivity index (χ1) is 8.19. The van der Waals surface area contributed by atoms with Crippen LogP contribution in [0.5, 0.6) is 5.88 Å². The third-order valence-electron chi connectivity index (χ3n) is 1.97. The molecule has 0 radical (unpaired) electrons. The Labute approximate surface area is 98.9 Å². The molecule has 0 aliphatic rings. The summed E-state index contributed by atoms with van der Waals surface area (Å²) in [6.45, 7) is 2.98. The van der Waals surface area contributed by atoms with E-state index in [9.17, 15) is 8.78 Å². The van der Waals surface area contributed by atoms with Crippen molar-refractivity contribution < 1.29 is 18.3 Å². The average Bonchev–Trinajstić information content (AvgIpc) is 2.31. The zero-order valence-corrected chi connectivity index (χ0v) is 9.93. The molecule has 0 spiro atoms. The van der Waals surface area contributed by atoms with Crippen molar-refractivity contribution >= 4 is 5.82 Å². The molecule has 0 unspecified atom stereocenters. The third-order valence-corrected chi connectivity index (χ3v) is 1.97. The van der Waals surface area contributed by atoms with Gasteiger partial charge in [0.05, 0.1) is 6.61 Å². The quantitative estimate of drug-likeness (QED) is 0.749. The van der Waals surface area contributed by atoms with Crippen molar-refractivity contribution in [2.75, 3.05) is 32.2 Å². The van der Waals surface area contributed by atoms with Gasteiger partial charge in [-0.3, -0.25) is 0 Å². The van der Waals surface area contributed by atoms with Gasteiger partial charge in [0.1, 0.15) is 6.61 Å². The van der Waals surface area contributed by atoms with Gasteiger partial charge < -0.3 is 14.8 Å². The van der Waals surface area contributed by atoms with E-state index in [1.807, 2.05) is 6.92 Å². The number of halogens is 2. The lowest BCUT2D eigenvalue weighted by Crippen LogP contribution is -2.10. The van der Waals surface area contributed by atoms with Crippen LogP contribution in [0.15, 0.2) is 6.07 Å². The maximum atomic E-state index is 13.3. The molecule has 4 nitrogen and oxygen atoms in total. The van der Waals surface area contributed by atoms with Gasteiger partial charge in [-0.05, 0) is 6.42 Å². The number of ether oxygens (including phenoxy) is 2. The highest BCUT2D eigenvalue weighted by atomic mass is 19.1. The molecule has 0 atom stereocenters. The Morgan fingerprint density at radius 3 is 2.71 bits per heavy atom. The lowest BCUT2D eigenvalue weighted by atomic mass is 10.4. The number of hydrogen-bond donors (Lipinski definition) is 1. The molecule has 0 saturated heterocycles. The van der Waals surface area contributed by atoms with Crippen molar-refractivity contribution in [1.82, 2.24) is 4.98 Å². The summed E-state index contributed by atoms with van der Waals surface area (Å²) in [5.74, 6) is -1.77. The van der Waals surface area contributed by atoms with Crippen LogP contribution < -0.4 is 10.1 Å². The molecule has 1 heterocycles. The number of methoxy groups -OCH3 is 1. The van der Waals surface area contributed by atoms with Crippen molar-refractivity contribution in [2.24, 2.45) is 0 Å². The molecule has 6 heteroatoms. The minimum absolute atomic E-state index is 0.000617. The predicted molar refractivity (Wildman–Crippen MR) is 60.3 cm³/mol. The number of pyridine rings is 1. The molecule has 0 fully saturated rings. The van der Waals surface area contributed by atoms with Crippen molar-refractivity contribution in [1.29, 1.82) is 0 Å². The van der Waals surface area contributed by atoms with Gasteiger partial charge in [0.25, 0.3) is 5.88 Å². The maximum Gasteiger partial charge on any atom is 0.252 e. The summed E-state index contributed by atoms with van der Waals surface area (Å²) in [6.07, 6.45) is 0.818. The first-order valence-electron chi connectivity index (χ1n) is 5.40. The van der Waals surface area contributed by atoms with E-state index < -0.39 is 11.6 Å². The highest BCUT2D eigenvalue weighted by molar-refractivity contribution is 5.39. The number of nitrogens with zero attached hydrogens (tertiary/aromatic N) is 1. The molecule has 0 aromatic carbocycles. The molecule has 1 rings (SSSR count). The van der Waals surface area contributed by atoms with Crippen LogP contribution >= 0.6 is 0 Å². The highest BCUT2D eigenvalue weighted by Crippen LogP contribution is 2.20. The fraction of sp³-hybridized carbons (Fsp3) is 0.545. The predicted octanol–water partition coefficient (Wildman–Crippen LogP) is 2.21. The number of aromatic nitrogens is 1. The Balaban J connectivity index is 2.74. The second kappa shape index (κ2) is 7.01. The molecular formula is C11H16F2N2O2. The molecule has 0 bridgehead atoms. The summed E-state index contributed by atoms with van der Waals surface area (Å²) in [4.78, 5) is 3.74. The van der Waals surface area contributed by atoms with Crippen molar-refractivity contribution in [2.45, 2.75) is 13.3 Å². The maximum absolute atomic E-state index is 13.3.